The second kappa shape index (κ2) is 10.3. The summed E-state index contributed by atoms with van der Waals surface area (Å²) in [6.45, 7) is 1.26. The third-order valence-electron chi connectivity index (χ3n) is 4.29. The molecule has 0 saturated heterocycles. The van der Waals surface area contributed by atoms with Crippen LogP contribution in [0.2, 0.25) is 10.0 Å². The molecule has 28 heavy (non-hydrogen) atoms. The lowest BCUT2D eigenvalue weighted by molar-refractivity contribution is 0.174. The first kappa shape index (κ1) is 21.2. The summed E-state index contributed by atoms with van der Waals surface area (Å²) in [4.78, 5) is 0. The molecule has 0 aliphatic carbocycles. The van der Waals surface area contributed by atoms with Crippen LogP contribution in [0.1, 0.15) is 22.8 Å². The van der Waals surface area contributed by atoms with Crippen LogP contribution in [0.5, 0.6) is 5.75 Å². The van der Waals surface area contributed by atoms with Crippen molar-refractivity contribution < 1.29 is 9.84 Å². The fourth-order valence-corrected chi connectivity index (χ4v) is 3.70. The van der Waals surface area contributed by atoms with E-state index in [9.17, 15) is 5.11 Å². The highest BCUT2D eigenvalue weighted by molar-refractivity contribution is 9.10. The van der Waals surface area contributed by atoms with Crippen molar-refractivity contribution in [2.24, 2.45) is 0 Å². The third-order valence-corrected chi connectivity index (χ3v) is 5.50. The maximum Gasteiger partial charge on any atom is 0.124 e. The summed E-state index contributed by atoms with van der Waals surface area (Å²) in [5.74, 6) is 0.737. The minimum atomic E-state index is -0.570. The lowest BCUT2D eigenvalue weighted by Crippen LogP contribution is -2.21. The molecule has 3 nitrogen and oxygen atoms in total. The molecule has 0 amide bonds. The van der Waals surface area contributed by atoms with Crippen LogP contribution in [0.4, 0.5) is 0 Å². The number of ether oxygens (including phenoxy) is 1. The summed E-state index contributed by atoms with van der Waals surface area (Å²) < 4.78 is 6.94. The van der Waals surface area contributed by atoms with E-state index in [2.05, 4.69) is 21.2 Å². The highest BCUT2D eigenvalue weighted by atomic mass is 79.9. The Bertz CT molecular complexity index is 901. The first-order valence-electron chi connectivity index (χ1n) is 8.82. The van der Waals surface area contributed by atoms with Crippen LogP contribution in [0.25, 0.3) is 0 Å². The van der Waals surface area contributed by atoms with Gasteiger partial charge in [-0.05, 0) is 35.9 Å². The molecule has 0 aliphatic rings. The fraction of sp³-hybridized carbons (Fsp3) is 0.182. The van der Waals surface area contributed by atoms with Gasteiger partial charge in [0.25, 0.3) is 0 Å². The summed E-state index contributed by atoms with van der Waals surface area (Å²) in [5.41, 5.74) is 2.61. The average Bonchev–Trinajstić information content (AvgIpc) is 2.69. The number of aliphatic hydroxyl groups excluding tert-OH is 1. The van der Waals surface area contributed by atoms with Crippen LogP contribution < -0.4 is 10.1 Å². The monoisotopic (exact) mass is 479 g/mol. The molecule has 3 aromatic carbocycles. The van der Waals surface area contributed by atoms with Gasteiger partial charge in [0.1, 0.15) is 12.4 Å². The second-order valence-electron chi connectivity index (χ2n) is 6.30. The Hall–Kier alpha value is -1.56. The van der Waals surface area contributed by atoms with Crippen LogP contribution in [0, 0.1) is 0 Å². The average molecular weight is 481 g/mol. The molecule has 3 aromatic rings. The molecule has 0 aromatic heterocycles. The minimum absolute atomic E-state index is 0.278. The largest absolute Gasteiger partial charge is 0.488 e. The van der Waals surface area contributed by atoms with Gasteiger partial charge in [0.05, 0.1) is 6.10 Å². The van der Waals surface area contributed by atoms with Crippen molar-refractivity contribution in [2.45, 2.75) is 19.3 Å². The van der Waals surface area contributed by atoms with E-state index >= 15 is 0 Å². The van der Waals surface area contributed by atoms with E-state index in [1.165, 1.54) is 0 Å². The van der Waals surface area contributed by atoms with Crippen LogP contribution in [0.15, 0.2) is 71.2 Å². The van der Waals surface area contributed by atoms with Crippen molar-refractivity contribution in [1.29, 1.82) is 0 Å². The van der Waals surface area contributed by atoms with Gasteiger partial charge in [0.15, 0.2) is 0 Å². The summed E-state index contributed by atoms with van der Waals surface area (Å²) in [5, 5.41) is 14.7. The van der Waals surface area contributed by atoms with E-state index in [4.69, 9.17) is 27.9 Å². The van der Waals surface area contributed by atoms with E-state index in [0.717, 1.165) is 26.9 Å². The molecule has 2 N–H and O–H groups in total. The van der Waals surface area contributed by atoms with E-state index < -0.39 is 6.10 Å². The molecule has 0 aliphatic heterocycles. The topological polar surface area (TPSA) is 41.5 Å². The molecule has 0 spiro atoms. The number of hydrogen-bond donors (Lipinski definition) is 2. The molecule has 0 bridgehead atoms. The van der Waals surface area contributed by atoms with Gasteiger partial charge in [-0.1, -0.05) is 75.5 Å². The summed E-state index contributed by atoms with van der Waals surface area (Å²) in [6, 6.07) is 20.8. The van der Waals surface area contributed by atoms with Crippen LogP contribution in [0.3, 0.4) is 0 Å². The normalized spacial score (nSPS) is 12.0. The number of rotatable bonds is 8. The number of halogens is 3. The second-order valence-corrected chi connectivity index (χ2v) is 8.03. The van der Waals surface area contributed by atoms with Crippen LogP contribution in [-0.2, 0) is 13.2 Å². The van der Waals surface area contributed by atoms with Gasteiger partial charge >= 0.3 is 0 Å². The number of nitrogens with one attached hydrogen (secondary N) is 1. The fourth-order valence-electron chi connectivity index (χ4n) is 2.78. The van der Waals surface area contributed by atoms with Gasteiger partial charge in [0, 0.05) is 38.7 Å². The Morgan fingerprint density at radius 1 is 0.964 bits per heavy atom. The molecular weight excluding hydrogens is 461 g/mol. The summed E-state index contributed by atoms with van der Waals surface area (Å²) >= 11 is 15.9. The Labute approximate surface area is 183 Å². The van der Waals surface area contributed by atoms with Gasteiger partial charge in [0.2, 0.25) is 0 Å². The van der Waals surface area contributed by atoms with Gasteiger partial charge in [-0.3, -0.25) is 0 Å². The van der Waals surface area contributed by atoms with Gasteiger partial charge in [-0.2, -0.15) is 0 Å². The van der Waals surface area contributed by atoms with Crippen LogP contribution >= 0.6 is 39.1 Å². The minimum Gasteiger partial charge on any atom is -0.488 e. The van der Waals surface area contributed by atoms with Crippen molar-refractivity contribution >= 4 is 39.1 Å². The van der Waals surface area contributed by atoms with Gasteiger partial charge in [-0.15, -0.1) is 0 Å². The SMILES string of the molecule is O[C@@H](CNCc1cc(Br)ccc1OCc1c(Cl)cccc1Cl)c1ccccc1. The number of benzene rings is 3. The lowest BCUT2D eigenvalue weighted by atomic mass is 10.1. The Morgan fingerprint density at radius 2 is 1.68 bits per heavy atom. The smallest absolute Gasteiger partial charge is 0.124 e. The molecule has 3 rings (SSSR count). The maximum atomic E-state index is 10.3. The molecule has 0 fully saturated rings. The maximum absolute atomic E-state index is 10.3. The van der Waals surface area contributed by atoms with E-state index in [0.29, 0.717) is 23.1 Å². The van der Waals surface area contributed by atoms with Crippen molar-refractivity contribution in [2.75, 3.05) is 6.54 Å². The quantitative estimate of drug-likeness (QED) is 0.405. The van der Waals surface area contributed by atoms with Gasteiger partial charge in [-0.25, -0.2) is 0 Å². The molecule has 146 valence electrons. The van der Waals surface area contributed by atoms with Crippen molar-refractivity contribution in [3.8, 4) is 5.75 Å². The van der Waals surface area contributed by atoms with Crippen molar-refractivity contribution in [3.05, 3.63) is 97.9 Å². The van der Waals surface area contributed by atoms with Crippen LogP contribution in [-0.4, -0.2) is 11.7 Å². The highest BCUT2D eigenvalue weighted by Gasteiger charge is 2.11. The molecule has 0 heterocycles. The predicted octanol–water partition coefficient (Wildman–Crippen LogP) is 6.16. The van der Waals surface area contributed by atoms with E-state index in [1.807, 2.05) is 48.5 Å². The third kappa shape index (κ3) is 5.72. The lowest BCUT2D eigenvalue weighted by Gasteiger charge is -2.16. The zero-order valence-electron chi connectivity index (χ0n) is 15.0. The zero-order chi connectivity index (χ0) is 19.9. The van der Waals surface area contributed by atoms with Crippen molar-refractivity contribution in [3.63, 3.8) is 0 Å². The summed E-state index contributed by atoms with van der Waals surface area (Å²) in [6.07, 6.45) is -0.570. The Kier molecular flexibility index (Phi) is 7.77. The first-order valence-corrected chi connectivity index (χ1v) is 10.4. The molecule has 0 saturated carbocycles. The van der Waals surface area contributed by atoms with E-state index in [-0.39, 0.29) is 6.61 Å². The zero-order valence-corrected chi connectivity index (χ0v) is 18.1. The van der Waals surface area contributed by atoms with Gasteiger partial charge < -0.3 is 15.2 Å². The number of aliphatic hydroxyl groups is 1. The Balaban J connectivity index is 1.64. The number of hydrogen-bond acceptors (Lipinski definition) is 3. The molecule has 0 radical (unpaired) electrons. The first-order chi connectivity index (χ1) is 13.5. The van der Waals surface area contributed by atoms with Crippen molar-refractivity contribution in [1.82, 2.24) is 5.32 Å². The Morgan fingerprint density at radius 3 is 2.39 bits per heavy atom. The summed E-state index contributed by atoms with van der Waals surface area (Å²) in [7, 11) is 0. The molecule has 6 heteroatoms. The predicted molar refractivity (Wildman–Crippen MR) is 118 cm³/mol. The van der Waals surface area contributed by atoms with E-state index in [1.54, 1.807) is 18.2 Å². The molecule has 0 unspecified atom stereocenters. The highest BCUT2D eigenvalue weighted by Crippen LogP contribution is 2.28. The molecular formula is C22H20BrCl2NO2. The standard InChI is InChI=1S/C22H20BrCl2NO2/c23-17-9-10-22(28-14-18-19(24)7-4-8-20(18)25)16(11-17)12-26-13-21(27)15-5-2-1-3-6-15/h1-11,21,26-27H,12-14H2/t21-/m0/s1. The molecule has 1 atom stereocenters.